The van der Waals surface area contributed by atoms with Crippen LogP contribution in [0.3, 0.4) is 0 Å². The zero-order valence-corrected chi connectivity index (χ0v) is 11.7. The van der Waals surface area contributed by atoms with Crippen molar-refractivity contribution in [3.8, 4) is 0 Å². The maximum atomic E-state index is 5.88. The van der Waals surface area contributed by atoms with Crippen molar-refractivity contribution >= 4 is 11.6 Å². The van der Waals surface area contributed by atoms with Crippen molar-refractivity contribution in [3.05, 3.63) is 34.9 Å². The Labute approximate surface area is 114 Å². The number of hydrogen-bond donors (Lipinski definition) is 0. The molecule has 1 saturated heterocycles. The van der Waals surface area contributed by atoms with Crippen molar-refractivity contribution in [2.24, 2.45) is 0 Å². The van der Waals surface area contributed by atoms with Gasteiger partial charge in [-0.25, -0.2) is 0 Å². The van der Waals surface area contributed by atoms with Crippen LogP contribution in [0.15, 0.2) is 24.3 Å². The van der Waals surface area contributed by atoms with Crippen LogP contribution in [0.4, 0.5) is 0 Å². The van der Waals surface area contributed by atoms with E-state index < -0.39 is 0 Å². The summed E-state index contributed by atoms with van der Waals surface area (Å²) in [6.45, 7) is 3.57. The first-order valence-electron chi connectivity index (χ1n) is 6.78. The summed E-state index contributed by atoms with van der Waals surface area (Å²) in [6.07, 6.45) is 5.21. The molecule has 2 rings (SSSR count). The minimum atomic E-state index is 0.0599. The molecule has 100 valence electrons. The summed E-state index contributed by atoms with van der Waals surface area (Å²) in [5, 5.41) is 0.757. The molecule has 1 aromatic carbocycles. The number of rotatable bonds is 5. The van der Waals surface area contributed by atoms with Crippen LogP contribution < -0.4 is 0 Å². The van der Waals surface area contributed by atoms with Crippen molar-refractivity contribution in [1.29, 1.82) is 0 Å². The SMILES string of the molecule is CCCCC[C@@H]1CO[C@@H](c2ccc(Cl)cc2)CO1. The average Bonchev–Trinajstić information content (AvgIpc) is 2.41. The Bertz CT molecular complexity index is 342. The smallest absolute Gasteiger partial charge is 0.106 e. The summed E-state index contributed by atoms with van der Waals surface area (Å²) < 4.78 is 11.7. The Morgan fingerprint density at radius 2 is 1.89 bits per heavy atom. The molecule has 0 aliphatic carbocycles. The topological polar surface area (TPSA) is 18.5 Å². The second-order valence-electron chi connectivity index (χ2n) is 4.82. The highest BCUT2D eigenvalue weighted by atomic mass is 35.5. The maximum absolute atomic E-state index is 5.88. The van der Waals surface area contributed by atoms with Crippen LogP contribution in [-0.4, -0.2) is 19.3 Å². The Morgan fingerprint density at radius 3 is 2.50 bits per heavy atom. The zero-order chi connectivity index (χ0) is 12.8. The van der Waals surface area contributed by atoms with Gasteiger partial charge in [0.1, 0.15) is 6.10 Å². The van der Waals surface area contributed by atoms with E-state index in [0.717, 1.165) is 17.0 Å². The lowest BCUT2D eigenvalue weighted by molar-refractivity contribution is -0.137. The maximum Gasteiger partial charge on any atom is 0.106 e. The standard InChI is InChI=1S/C15H21ClO2/c1-2-3-4-5-14-10-18-15(11-17-14)12-6-8-13(16)9-7-12/h6-9,14-15H,2-5,10-11H2,1H3/t14-,15-/m1/s1. The molecule has 2 nitrogen and oxygen atoms in total. The lowest BCUT2D eigenvalue weighted by Gasteiger charge is -2.29. The van der Waals surface area contributed by atoms with Crippen LogP contribution in [0, 0.1) is 0 Å². The van der Waals surface area contributed by atoms with E-state index in [1.54, 1.807) is 0 Å². The van der Waals surface area contributed by atoms with Gasteiger partial charge in [-0.3, -0.25) is 0 Å². The molecule has 0 N–H and O–H groups in total. The Hall–Kier alpha value is -0.570. The number of halogens is 1. The second kappa shape index (κ2) is 7.13. The van der Waals surface area contributed by atoms with E-state index in [1.807, 2.05) is 24.3 Å². The minimum Gasteiger partial charge on any atom is -0.373 e. The third kappa shape index (κ3) is 3.98. The summed E-state index contributed by atoms with van der Waals surface area (Å²) >= 11 is 5.87. The van der Waals surface area contributed by atoms with Crippen LogP contribution in [0.25, 0.3) is 0 Å². The molecule has 1 fully saturated rings. The highest BCUT2D eigenvalue weighted by Gasteiger charge is 2.22. The lowest BCUT2D eigenvalue weighted by Crippen LogP contribution is -2.31. The van der Waals surface area contributed by atoms with Gasteiger partial charge in [0, 0.05) is 5.02 Å². The van der Waals surface area contributed by atoms with Gasteiger partial charge >= 0.3 is 0 Å². The molecule has 1 aliphatic heterocycles. The molecule has 2 atom stereocenters. The van der Waals surface area contributed by atoms with Gasteiger partial charge < -0.3 is 9.47 Å². The van der Waals surface area contributed by atoms with Gasteiger partial charge in [-0.1, -0.05) is 49.9 Å². The summed E-state index contributed by atoms with van der Waals surface area (Å²) in [7, 11) is 0. The van der Waals surface area contributed by atoms with Crippen molar-refractivity contribution in [2.45, 2.75) is 44.8 Å². The Balaban J connectivity index is 1.77. The molecule has 0 unspecified atom stereocenters. The fraction of sp³-hybridized carbons (Fsp3) is 0.600. The normalized spacial score (nSPS) is 24.1. The van der Waals surface area contributed by atoms with Crippen LogP contribution >= 0.6 is 11.6 Å². The van der Waals surface area contributed by atoms with Crippen molar-refractivity contribution in [1.82, 2.24) is 0 Å². The predicted octanol–water partition coefficient (Wildman–Crippen LogP) is 4.38. The Kier molecular flexibility index (Phi) is 5.48. The molecule has 3 heteroatoms. The van der Waals surface area contributed by atoms with Gasteiger partial charge in [0.25, 0.3) is 0 Å². The second-order valence-corrected chi connectivity index (χ2v) is 5.26. The van der Waals surface area contributed by atoms with E-state index in [4.69, 9.17) is 21.1 Å². The number of benzene rings is 1. The zero-order valence-electron chi connectivity index (χ0n) is 10.9. The summed E-state index contributed by atoms with van der Waals surface area (Å²) in [5.41, 5.74) is 1.14. The Morgan fingerprint density at radius 1 is 1.11 bits per heavy atom. The van der Waals surface area contributed by atoms with E-state index in [9.17, 15) is 0 Å². The molecule has 0 bridgehead atoms. The van der Waals surface area contributed by atoms with Crippen LogP contribution in [0.1, 0.15) is 44.3 Å². The molecule has 18 heavy (non-hydrogen) atoms. The van der Waals surface area contributed by atoms with Crippen LogP contribution in [0.2, 0.25) is 5.02 Å². The third-order valence-electron chi connectivity index (χ3n) is 3.34. The molecule has 0 spiro atoms. The fourth-order valence-corrected chi connectivity index (χ4v) is 2.33. The van der Waals surface area contributed by atoms with Gasteiger partial charge in [0.15, 0.2) is 0 Å². The highest BCUT2D eigenvalue weighted by Crippen LogP contribution is 2.25. The summed E-state index contributed by atoms with van der Waals surface area (Å²) in [6, 6.07) is 7.81. The first-order chi connectivity index (χ1) is 8.79. The number of hydrogen-bond acceptors (Lipinski definition) is 2. The number of ether oxygens (including phenoxy) is 2. The van der Waals surface area contributed by atoms with Gasteiger partial charge in [0.05, 0.1) is 19.3 Å². The summed E-state index contributed by atoms with van der Waals surface area (Å²) in [5.74, 6) is 0. The number of unbranched alkanes of at least 4 members (excludes halogenated alkanes) is 2. The molecule has 1 aliphatic rings. The average molecular weight is 269 g/mol. The van der Waals surface area contributed by atoms with E-state index in [2.05, 4.69) is 6.92 Å². The van der Waals surface area contributed by atoms with Crippen molar-refractivity contribution in [3.63, 3.8) is 0 Å². The van der Waals surface area contributed by atoms with Gasteiger partial charge in [-0.05, 0) is 24.1 Å². The molecular weight excluding hydrogens is 248 g/mol. The van der Waals surface area contributed by atoms with Crippen molar-refractivity contribution < 1.29 is 9.47 Å². The minimum absolute atomic E-state index is 0.0599. The van der Waals surface area contributed by atoms with Gasteiger partial charge in [-0.15, -0.1) is 0 Å². The van der Waals surface area contributed by atoms with Gasteiger partial charge in [0.2, 0.25) is 0 Å². The van der Waals surface area contributed by atoms with Crippen LogP contribution in [-0.2, 0) is 9.47 Å². The van der Waals surface area contributed by atoms with E-state index in [0.29, 0.717) is 13.2 Å². The van der Waals surface area contributed by atoms with E-state index >= 15 is 0 Å². The fourth-order valence-electron chi connectivity index (χ4n) is 2.20. The van der Waals surface area contributed by atoms with Crippen molar-refractivity contribution in [2.75, 3.05) is 13.2 Å². The summed E-state index contributed by atoms with van der Waals surface area (Å²) in [4.78, 5) is 0. The predicted molar refractivity (Wildman–Crippen MR) is 74.0 cm³/mol. The first kappa shape index (κ1) is 13.9. The monoisotopic (exact) mass is 268 g/mol. The molecule has 1 heterocycles. The molecule has 0 radical (unpaired) electrons. The third-order valence-corrected chi connectivity index (χ3v) is 3.59. The van der Waals surface area contributed by atoms with Gasteiger partial charge in [-0.2, -0.15) is 0 Å². The van der Waals surface area contributed by atoms with Crippen LogP contribution in [0.5, 0.6) is 0 Å². The lowest BCUT2D eigenvalue weighted by atomic mass is 10.1. The molecule has 0 amide bonds. The molecule has 0 aromatic heterocycles. The quantitative estimate of drug-likeness (QED) is 0.738. The molecule has 1 aromatic rings. The largest absolute Gasteiger partial charge is 0.373 e. The van der Waals surface area contributed by atoms with E-state index in [-0.39, 0.29) is 12.2 Å². The first-order valence-corrected chi connectivity index (χ1v) is 7.16. The molecular formula is C15H21ClO2. The highest BCUT2D eigenvalue weighted by molar-refractivity contribution is 6.30. The van der Waals surface area contributed by atoms with E-state index in [1.165, 1.54) is 19.3 Å². The molecule has 0 saturated carbocycles.